The fourth-order valence-electron chi connectivity index (χ4n) is 4.89. The van der Waals surface area contributed by atoms with Crippen molar-refractivity contribution in [2.24, 2.45) is 0 Å². The number of nitrogens with one attached hydrogen (secondary N) is 1. The quantitative estimate of drug-likeness (QED) is 0.144. The Labute approximate surface area is 258 Å². The number of aromatic amines is 1. The van der Waals surface area contributed by atoms with Gasteiger partial charge in [-0.25, -0.2) is 14.9 Å². The number of imidazole rings is 1. The van der Waals surface area contributed by atoms with E-state index in [0.717, 1.165) is 43.7 Å². The van der Waals surface area contributed by atoms with E-state index in [-0.39, 0.29) is 10.7 Å². The van der Waals surface area contributed by atoms with Gasteiger partial charge in [-0.15, -0.1) is 16.4 Å². The number of hydrogen-bond acceptors (Lipinski definition) is 7. The molecule has 0 spiro atoms. The molecule has 2 N–H and O–H groups in total. The van der Waals surface area contributed by atoms with Crippen LogP contribution in [0, 0.1) is 0 Å². The van der Waals surface area contributed by atoms with Crippen molar-refractivity contribution < 1.29 is 14.3 Å². The van der Waals surface area contributed by atoms with E-state index in [4.69, 9.17) is 16.0 Å². The third kappa shape index (κ3) is 5.55. The van der Waals surface area contributed by atoms with Crippen LogP contribution in [-0.2, 0) is 24.2 Å². The highest BCUT2D eigenvalue weighted by molar-refractivity contribution is 9.10. The first-order valence-electron chi connectivity index (χ1n) is 13.2. The Kier molecular flexibility index (Phi) is 8.05. The van der Waals surface area contributed by atoms with E-state index in [2.05, 4.69) is 54.5 Å². The number of hydrogen-bond donors (Lipinski definition) is 2. The molecule has 0 aliphatic carbocycles. The number of thiophene rings is 1. The first-order chi connectivity index (χ1) is 20.4. The van der Waals surface area contributed by atoms with Crippen molar-refractivity contribution in [2.45, 2.75) is 32.7 Å². The third-order valence-corrected chi connectivity index (χ3v) is 8.79. The number of benzene rings is 2. The zero-order valence-corrected chi connectivity index (χ0v) is 25.5. The van der Waals surface area contributed by atoms with Crippen molar-refractivity contribution in [1.82, 2.24) is 30.2 Å². The predicted octanol–water partition coefficient (Wildman–Crippen LogP) is 7.67. The van der Waals surface area contributed by atoms with Crippen LogP contribution >= 0.6 is 38.9 Å². The van der Waals surface area contributed by atoms with Crippen LogP contribution in [0.2, 0.25) is 5.15 Å². The molecule has 4 heterocycles. The summed E-state index contributed by atoms with van der Waals surface area (Å²) in [6.07, 6.45) is 3.53. The predicted molar refractivity (Wildman–Crippen MR) is 166 cm³/mol. The van der Waals surface area contributed by atoms with Gasteiger partial charge in [-0.1, -0.05) is 54.9 Å². The van der Waals surface area contributed by atoms with E-state index in [1.807, 2.05) is 58.5 Å². The molecule has 6 aromatic rings. The van der Waals surface area contributed by atoms with Crippen LogP contribution in [0.1, 0.15) is 35.3 Å². The number of furan rings is 1. The van der Waals surface area contributed by atoms with Gasteiger partial charge in [0.15, 0.2) is 11.0 Å². The van der Waals surface area contributed by atoms with Crippen molar-refractivity contribution in [3.05, 3.63) is 97.1 Å². The molecule has 12 heteroatoms. The molecule has 0 fully saturated rings. The average Bonchev–Trinajstić information content (AvgIpc) is 3.79. The molecule has 4 aromatic heterocycles. The molecule has 0 atom stereocenters. The average molecular weight is 664 g/mol. The maximum atomic E-state index is 12.2. The minimum Gasteiger partial charge on any atom is -0.478 e. The molecule has 0 aliphatic heterocycles. The molecule has 42 heavy (non-hydrogen) atoms. The van der Waals surface area contributed by atoms with Crippen LogP contribution < -0.4 is 0 Å². The highest BCUT2D eigenvalue weighted by Crippen LogP contribution is 2.41. The maximum Gasteiger partial charge on any atom is 0.332 e. The minimum absolute atomic E-state index is 0.252. The standard InChI is InChI=1S/C30H24BrClN6O3S/c1-2-6-25-33-28(32)23(15-18(30(39)40)14-19-7-5-12-42-19)38(25)16-17-10-11-24-22(13-17)26(31)27(41-24)20-8-3-4-9-21(20)29-34-36-37-35-29/h3-5,7-13,15H,2,6,14,16H2,1H3,(H,39,40)(H,34,35,36,37)/b18-15+. The molecular formula is C30H24BrClN6O3S. The van der Waals surface area contributed by atoms with Gasteiger partial charge in [-0.3, -0.25) is 0 Å². The fourth-order valence-corrected chi connectivity index (χ4v) is 6.48. The van der Waals surface area contributed by atoms with Crippen LogP contribution in [-0.4, -0.2) is 41.3 Å². The number of halogens is 2. The number of rotatable bonds is 10. The highest BCUT2D eigenvalue weighted by Gasteiger charge is 2.21. The second kappa shape index (κ2) is 12.0. The lowest BCUT2D eigenvalue weighted by Gasteiger charge is -2.11. The number of carbonyl (C=O) groups is 1. The van der Waals surface area contributed by atoms with Crippen LogP contribution in [0.3, 0.4) is 0 Å². The number of aryl methyl sites for hydroxylation is 1. The van der Waals surface area contributed by atoms with Gasteiger partial charge >= 0.3 is 5.97 Å². The first kappa shape index (κ1) is 28.1. The third-order valence-electron chi connectivity index (χ3n) is 6.85. The Morgan fingerprint density at radius 2 is 2.02 bits per heavy atom. The van der Waals surface area contributed by atoms with E-state index >= 15 is 0 Å². The summed E-state index contributed by atoms with van der Waals surface area (Å²) in [6.45, 7) is 2.53. The Balaban J connectivity index is 1.40. The van der Waals surface area contributed by atoms with Gasteiger partial charge < -0.3 is 14.1 Å². The monoisotopic (exact) mass is 662 g/mol. The van der Waals surface area contributed by atoms with Crippen LogP contribution in [0.4, 0.5) is 0 Å². The molecule has 9 nitrogen and oxygen atoms in total. The van der Waals surface area contributed by atoms with E-state index in [1.165, 1.54) is 11.3 Å². The zero-order valence-electron chi connectivity index (χ0n) is 22.3. The molecule has 2 aromatic carbocycles. The van der Waals surface area contributed by atoms with Crippen molar-refractivity contribution in [3.63, 3.8) is 0 Å². The second-order valence-electron chi connectivity index (χ2n) is 9.64. The number of nitrogens with zero attached hydrogens (tertiary/aromatic N) is 5. The van der Waals surface area contributed by atoms with Crippen molar-refractivity contribution in [1.29, 1.82) is 0 Å². The minimum atomic E-state index is -0.984. The topological polar surface area (TPSA) is 123 Å². The summed E-state index contributed by atoms with van der Waals surface area (Å²) in [5.41, 5.74) is 4.18. The number of carboxylic acid groups (broad SMARTS) is 1. The Morgan fingerprint density at radius 1 is 1.19 bits per heavy atom. The summed E-state index contributed by atoms with van der Waals surface area (Å²) in [5, 5.41) is 27.4. The first-order valence-corrected chi connectivity index (χ1v) is 15.2. The molecule has 0 amide bonds. The molecule has 0 saturated heterocycles. The lowest BCUT2D eigenvalue weighted by Crippen LogP contribution is -2.09. The number of aliphatic carboxylic acids is 1. The lowest BCUT2D eigenvalue weighted by molar-refractivity contribution is -0.132. The Hall–Kier alpha value is -4.06. The summed E-state index contributed by atoms with van der Waals surface area (Å²) in [5.74, 6) is 1.02. The zero-order chi connectivity index (χ0) is 29.2. The number of fused-ring (bicyclic) bond motifs is 1. The van der Waals surface area contributed by atoms with E-state index in [9.17, 15) is 9.90 Å². The normalized spacial score (nSPS) is 11.9. The largest absolute Gasteiger partial charge is 0.478 e. The smallest absolute Gasteiger partial charge is 0.332 e. The SMILES string of the molecule is CCCc1nc(Cl)c(/C=C(\Cc2cccs2)C(=O)O)n1Cc1ccc2oc(-c3ccccc3-c3nnn[nH]3)c(Br)c2c1. The molecule has 0 saturated carbocycles. The summed E-state index contributed by atoms with van der Waals surface area (Å²) in [4.78, 5) is 17.8. The molecular weight excluding hydrogens is 640 g/mol. The van der Waals surface area contributed by atoms with Crippen molar-refractivity contribution in [3.8, 4) is 22.7 Å². The molecule has 0 radical (unpaired) electrons. The van der Waals surface area contributed by atoms with Gasteiger partial charge in [0.05, 0.1) is 10.2 Å². The molecule has 212 valence electrons. The van der Waals surface area contributed by atoms with E-state index < -0.39 is 5.97 Å². The lowest BCUT2D eigenvalue weighted by atomic mass is 10.0. The summed E-state index contributed by atoms with van der Waals surface area (Å²) >= 11 is 11.9. The van der Waals surface area contributed by atoms with Crippen LogP contribution in [0.5, 0.6) is 0 Å². The van der Waals surface area contributed by atoms with Gasteiger partial charge in [-0.05, 0) is 68.0 Å². The fraction of sp³-hybridized carbons (Fsp3) is 0.167. The van der Waals surface area contributed by atoms with Gasteiger partial charge in [0.2, 0.25) is 0 Å². The van der Waals surface area contributed by atoms with Gasteiger partial charge in [-0.2, -0.15) is 0 Å². The van der Waals surface area contributed by atoms with Crippen LogP contribution in [0.25, 0.3) is 39.8 Å². The van der Waals surface area contributed by atoms with Gasteiger partial charge in [0.1, 0.15) is 17.2 Å². The summed E-state index contributed by atoms with van der Waals surface area (Å²) < 4.78 is 9.12. The summed E-state index contributed by atoms with van der Waals surface area (Å²) in [7, 11) is 0. The number of H-pyrrole nitrogens is 1. The molecule has 0 aliphatic rings. The highest BCUT2D eigenvalue weighted by atomic mass is 79.9. The second-order valence-corrected chi connectivity index (χ2v) is 11.8. The maximum absolute atomic E-state index is 12.2. The summed E-state index contributed by atoms with van der Waals surface area (Å²) in [6, 6.07) is 17.6. The number of tetrazole rings is 1. The molecule has 0 bridgehead atoms. The Bertz CT molecular complexity index is 1910. The van der Waals surface area contributed by atoms with E-state index in [0.29, 0.717) is 42.2 Å². The van der Waals surface area contributed by atoms with Crippen molar-refractivity contribution >= 4 is 61.9 Å². The molecule has 0 unspecified atom stereocenters. The molecule has 6 rings (SSSR count). The van der Waals surface area contributed by atoms with Crippen molar-refractivity contribution in [2.75, 3.05) is 0 Å². The number of carboxylic acids is 1. The van der Waals surface area contributed by atoms with Gasteiger partial charge in [0.25, 0.3) is 0 Å². The number of aromatic nitrogens is 6. The Morgan fingerprint density at radius 3 is 2.74 bits per heavy atom. The van der Waals surface area contributed by atoms with E-state index in [1.54, 1.807) is 6.08 Å². The van der Waals surface area contributed by atoms with Gasteiger partial charge in [0, 0.05) is 46.3 Å². The van der Waals surface area contributed by atoms with Crippen LogP contribution in [0.15, 0.2) is 74.4 Å².